The molecule has 0 atom stereocenters. The number of benzene rings is 4. The molecule has 0 saturated carbocycles. The Morgan fingerprint density at radius 3 is 1.40 bits per heavy atom. The quantitative estimate of drug-likeness (QED) is 0.438. The third kappa shape index (κ3) is 2.58. The summed E-state index contributed by atoms with van der Waals surface area (Å²) in [6, 6.07) is 16.9. The standard InChI is InChI=1S/C21H16O4/c22-16-5-7-18-12(10-16)1-3-14(20(18)24)9-15-4-2-13-11-17(23)6-8-19(13)21(15)25/h1-8,10-11,22-25H,9H2. The van der Waals surface area contributed by atoms with Crippen molar-refractivity contribution in [1.29, 1.82) is 0 Å². The van der Waals surface area contributed by atoms with Crippen molar-refractivity contribution in [1.82, 2.24) is 0 Å². The molecule has 4 heteroatoms. The normalized spacial score (nSPS) is 11.2. The van der Waals surface area contributed by atoms with Gasteiger partial charge >= 0.3 is 0 Å². The van der Waals surface area contributed by atoms with E-state index in [0.717, 1.165) is 10.8 Å². The molecule has 0 aliphatic heterocycles. The first kappa shape index (κ1) is 15.1. The van der Waals surface area contributed by atoms with Crippen molar-refractivity contribution in [3.63, 3.8) is 0 Å². The van der Waals surface area contributed by atoms with Crippen molar-refractivity contribution < 1.29 is 20.4 Å². The lowest BCUT2D eigenvalue weighted by Gasteiger charge is -2.11. The fraction of sp³-hybridized carbons (Fsp3) is 0.0476. The molecule has 4 nitrogen and oxygen atoms in total. The van der Waals surface area contributed by atoms with Crippen LogP contribution >= 0.6 is 0 Å². The van der Waals surface area contributed by atoms with E-state index in [0.29, 0.717) is 28.3 Å². The molecule has 0 unspecified atom stereocenters. The van der Waals surface area contributed by atoms with Gasteiger partial charge in [0, 0.05) is 17.2 Å². The van der Waals surface area contributed by atoms with Crippen LogP contribution < -0.4 is 0 Å². The fourth-order valence-electron chi connectivity index (χ4n) is 3.18. The average Bonchev–Trinajstić information content (AvgIpc) is 2.59. The third-order valence-electron chi connectivity index (χ3n) is 4.50. The van der Waals surface area contributed by atoms with Gasteiger partial charge in [-0.05, 0) is 58.3 Å². The Bertz CT molecular complexity index is 1030. The molecular weight excluding hydrogens is 316 g/mol. The van der Waals surface area contributed by atoms with Crippen molar-refractivity contribution in [3.05, 3.63) is 71.8 Å². The summed E-state index contributed by atoms with van der Waals surface area (Å²) in [7, 11) is 0. The number of hydrogen-bond donors (Lipinski definition) is 4. The van der Waals surface area contributed by atoms with Gasteiger partial charge in [0.2, 0.25) is 0 Å². The van der Waals surface area contributed by atoms with Crippen LogP contribution in [0.15, 0.2) is 60.7 Å². The van der Waals surface area contributed by atoms with E-state index in [4.69, 9.17) is 0 Å². The second-order valence-corrected chi connectivity index (χ2v) is 6.13. The Hall–Kier alpha value is -3.40. The van der Waals surface area contributed by atoms with Gasteiger partial charge in [-0.1, -0.05) is 24.3 Å². The van der Waals surface area contributed by atoms with Crippen LogP contribution in [0.4, 0.5) is 0 Å². The first-order chi connectivity index (χ1) is 12.0. The summed E-state index contributed by atoms with van der Waals surface area (Å²) in [6.07, 6.45) is 0.366. The van der Waals surface area contributed by atoms with E-state index in [1.54, 1.807) is 36.4 Å². The molecule has 4 rings (SSSR count). The number of fused-ring (bicyclic) bond motifs is 2. The Morgan fingerprint density at radius 1 is 0.520 bits per heavy atom. The Balaban J connectivity index is 1.80. The minimum Gasteiger partial charge on any atom is -0.508 e. The SMILES string of the molecule is Oc1ccc2c(O)c(Cc3ccc4cc(O)ccc4c3O)ccc2c1. The number of phenols is 4. The summed E-state index contributed by atoms with van der Waals surface area (Å²) >= 11 is 0. The highest BCUT2D eigenvalue weighted by atomic mass is 16.3. The zero-order chi connectivity index (χ0) is 17.6. The lowest BCUT2D eigenvalue weighted by molar-refractivity contribution is 0.469. The van der Waals surface area contributed by atoms with E-state index >= 15 is 0 Å². The van der Waals surface area contributed by atoms with Crippen LogP contribution in [0, 0.1) is 0 Å². The smallest absolute Gasteiger partial charge is 0.126 e. The molecule has 4 N–H and O–H groups in total. The summed E-state index contributed by atoms with van der Waals surface area (Å²) in [5.74, 6) is 0.579. The molecular formula is C21H16O4. The van der Waals surface area contributed by atoms with Crippen molar-refractivity contribution in [2.45, 2.75) is 6.42 Å². The second kappa shape index (κ2) is 5.60. The lowest BCUT2D eigenvalue weighted by Crippen LogP contribution is -1.91. The average molecular weight is 332 g/mol. The Labute approximate surface area is 143 Å². The van der Waals surface area contributed by atoms with Gasteiger partial charge in [-0.25, -0.2) is 0 Å². The summed E-state index contributed by atoms with van der Waals surface area (Å²) in [5, 5.41) is 43.0. The maximum atomic E-state index is 10.5. The number of hydrogen-bond acceptors (Lipinski definition) is 4. The summed E-state index contributed by atoms with van der Waals surface area (Å²) in [6.45, 7) is 0. The molecule has 0 aromatic heterocycles. The van der Waals surface area contributed by atoms with Gasteiger partial charge in [-0.15, -0.1) is 0 Å². The van der Waals surface area contributed by atoms with Crippen LogP contribution in [0.1, 0.15) is 11.1 Å². The summed E-state index contributed by atoms with van der Waals surface area (Å²) in [5.41, 5.74) is 1.37. The molecule has 0 saturated heterocycles. The highest BCUT2D eigenvalue weighted by molar-refractivity contribution is 5.92. The molecule has 0 aliphatic rings. The summed E-state index contributed by atoms with van der Waals surface area (Å²) in [4.78, 5) is 0. The van der Waals surface area contributed by atoms with E-state index in [-0.39, 0.29) is 23.0 Å². The molecule has 0 heterocycles. The number of rotatable bonds is 2. The van der Waals surface area contributed by atoms with Gasteiger partial charge < -0.3 is 20.4 Å². The first-order valence-corrected chi connectivity index (χ1v) is 7.90. The van der Waals surface area contributed by atoms with Gasteiger partial charge in [-0.2, -0.15) is 0 Å². The van der Waals surface area contributed by atoms with Gasteiger partial charge in [0.05, 0.1) is 0 Å². The van der Waals surface area contributed by atoms with Gasteiger partial charge in [0.15, 0.2) is 0 Å². The monoisotopic (exact) mass is 332 g/mol. The van der Waals surface area contributed by atoms with Crippen LogP contribution in [0.3, 0.4) is 0 Å². The lowest BCUT2D eigenvalue weighted by atomic mass is 9.97. The molecule has 0 aliphatic carbocycles. The van der Waals surface area contributed by atoms with Crippen LogP contribution in [-0.2, 0) is 6.42 Å². The van der Waals surface area contributed by atoms with Crippen molar-refractivity contribution in [2.24, 2.45) is 0 Å². The van der Waals surface area contributed by atoms with E-state index in [2.05, 4.69) is 0 Å². The molecule has 124 valence electrons. The Morgan fingerprint density at radius 2 is 0.960 bits per heavy atom. The number of aromatic hydroxyl groups is 4. The van der Waals surface area contributed by atoms with Crippen molar-refractivity contribution in [3.8, 4) is 23.0 Å². The number of phenolic OH excluding ortho intramolecular Hbond substituents is 4. The largest absolute Gasteiger partial charge is 0.508 e. The molecule has 0 amide bonds. The molecule has 4 aromatic carbocycles. The highest BCUT2D eigenvalue weighted by Crippen LogP contribution is 2.36. The summed E-state index contributed by atoms with van der Waals surface area (Å²) < 4.78 is 0. The topological polar surface area (TPSA) is 80.9 Å². The molecule has 0 bridgehead atoms. The zero-order valence-electron chi connectivity index (χ0n) is 13.3. The maximum Gasteiger partial charge on any atom is 0.126 e. The molecule has 0 spiro atoms. The van der Waals surface area contributed by atoms with Gasteiger partial charge in [0.1, 0.15) is 23.0 Å². The minimum atomic E-state index is 0.141. The first-order valence-electron chi connectivity index (χ1n) is 7.90. The van der Waals surface area contributed by atoms with Crippen molar-refractivity contribution in [2.75, 3.05) is 0 Å². The molecule has 25 heavy (non-hydrogen) atoms. The molecule has 0 radical (unpaired) electrons. The van der Waals surface area contributed by atoms with Crippen LogP contribution in [-0.4, -0.2) is 20.4 Å². The van der Waals surface area contributed by atoms with Gasteiger partial charge in [0.25, 0.3) is 0 Å². The van der Waals surface area contributed by atoms with Crippen LogP contribution in [0.5, 0.6) is 23.0 Å². The minimum absolute atomic E-state index is 0.141. The van der Waals surface area contributed by atoms with E-state index < -0.39 is 0 Å². The predicted octanol–water partition coefficient (Wildman–Crippen LogP) is 4.41. The predicted molar refractivity (Wildman–Crippen MR) is 97.4 cm³/mol. The maximum absolute atomic E-state index is 10.5. The Kier molecular flexibility index (Phi) is 3.39. The third-order valence-corrected chi connectivity index (χ3v) is 4.50. The van der Waals surface area contributed by atoms with Gasteiger partial charge in [-0.3, -0.25) is 0 Å². The highest BCUT2D eigenvalue weighted by Gasteiger charge is 2.12. The van der Waals surface area contributed by atoms with E-state index in [1.165, 1.54) is 12.1 Å². The molecule has 0 fully saturated rings. The van der Waals surface area contributed by atoms with Crippen molar-refractivity contribution >= 4 is 21.5 Å². The van der Waals surface area contributed by atoms with Crippen LogP contribution in [0.25, 0.3) is 21.5 Å². The van der Waals surface area contributed by atoms with E-state index in [9.17, 15) is 20.4 Å². The van der Waals surface area contributed by atoms with E-state index in [1.807, 2.05) is 12.1 Å². The molecule has 4 aromatic rings. The second-order valence-electron chi connectivity index (χ2n) is 6.13. The van der Waals surface area contributed by atoms with Crippen LogP contribution in [0.2, 0.25) is 0 Å². The zero-order valence-corrected chi connectivity index (χ0v) is 13.3. The fourth-order valence-corrected chi connectivity index (χ4v) is 3.18.